The van der Waals surface area contributed by atoms with Crippen molar-refractivity contribution >= 4 is 40.6 Å². The summed E-state index contributed by atoms with van der Waals surface area (Å²) in [5.41, 5.74) is 8.35. The van der Waals surface area contributed by atoms with Crippen LogP contribution in [0, 0.1) is 0 Å². The van der Waals surface area contributed by atoms with Gasteiger partial charge in [-0.2, -0.15) is 0 Å². The number of anilines is 3. The van der Waals surface area contributed by atoms with Gasteiger partial charge in [0.1, 0.15) is 0 Å². The molecular formula is C36H25NS2. The molecule has 0 spiro atoms. The summed E-state index contributed by atoms with van der Waals surface area (Å²) in [6.45, 7) is 0. The fourth-order valence-corrected chi connectivity index (χ4v) is 7.37. The predicted molar refractivity (Wildman–Crippen MR) is 167 cm³/mol. The van der Waals surface area contributed by atoms with Gasteiger partial charge in [0, 0.05) is 26.1 Å². The van der Waals surface area contributed by atoms with Gasteiger partial charge in [0.15, 0.2) is 0 Å². The van der Waals surface area contributed by atoms with E-state index < -0.39 is 0 Å². The van der Waals surface area contributed by atoms with Crippen molar-refractivity contribution in [2.45, 2.75) is 19.6 Å². The molecule has 0 bridgehead atoms. The van der Waals surface area contributed by atoms with E-state index in [1.807, 2.05) is 23.5 Å². The molecule has 1 aliphatic heterocycles. The quantitative estimate of drug-likeness (QED) is 0.216. The van der Waals surface area contributed by atoms with Crippen LogP contribution in [0.4, 0.5) is 17.1 Å². The first-order chi connectivity index (χ1) is 19.3. The van der Waals surface area contributed by atoms with Crippen LogP contribution in [0.1, 0.15) is 0 Å². The molecule has 6 aromatic carbocycles. The van der Waals surface area contributed by atoms with Gasteiger partial charge in [0.05, 0.1) is 10.6 Å². The van der Waals surface area contributed by atoms with E-state index in [2.05, 4.69) is 157 Å². The molecule has 1 heterocycles. The number of rotatable bonds is 5. The number of hydrogen-bond acceptors (Lipinski definition) is 3. The second kappa shape index (κ2) is 10.5. The van der Waals surface area contributed by atoms with Crippen molar-refractivity contribution in [3.05, 3.63) is 152 Å². The fourth-order valence-electron chi connectivity index (χ4n) is 5.00. The van der Waals surface area contributed by atoms with Gasteiger partial charge in [-0.3, -0.25) is 0 Å². The van der Waals surface area contributed by atoms with Crippen LogP contribution in [0.2, 0.25) is 0 Å². The van der Waals surface area contributed by atoms with Gasteiger partial charge in [0.25, 0.3) is 0 Å². The van der Waals surface area contributed by atoms with Gasteiger partial charge in [-0.25, -0.2) is 0 Å². The van der Waals surface area contributed by atoms with E-state index in [1.165, 1.54) is 47.5 Å². The molecule has 0 aromatic heterocycles. The van der Waals surface area contributed by atoms with Crippen LogP contribution in [0.15, 0.2) is 171 Å². The van der Waals surface area contributed by atoms with E-state index in [-0.39, 0.29) is 0 Å². The minimum absolute atomic E-state index is 1.14. The van der Waals surface area contributed by atoms with E-state index in [0.29, 0.717) is 0 Å². The predicted octanol–water partition coefficient (Wildman–Crippen LogP) is 11.1. The largest absolute Gasteiger partial charge is 0.309 e. The first-order valence-corrected chi connectivity index (χ1v) is 14.7. The third kappa shape index (κ3) is 4.76. The second-order valence-corrected chi connectivity index (χ2v) is 11.6. The van der Waals surface area contributed by atoms with Crippen molar-refractivity contribution in [3.8, 4) is 22.3 Å². The van der Waals surface area contributed by atoms with Crippen LogP contribution < -0.4 is 4.90 Å². The summed E-state index contributed by atoms with van der Waals surface area (Å²) in [6, 6.07) is 54.3. The van der Waals surface area contributed by atoms with Crippen LogP contribution in [0.3, 0.4) is 0 Å². The minimum Gasteiger partial charge on any atom is -0.309 e. The first-order valence-electron chi connectivity index (χ1n) is 13.0. The molecule has 0 amide bonds. The standard InChI is InChI=1S/C36H25NS2/c1-3-10-26(11-4-1)28-18-22-30(23-19-28)37(31-24-20-29(21-25-31)27-12-5-2-6-13-27)32-14-9-17-35-36(32)39-34-16-8-7-15-33(34)38-35/h1-25H. The maximum absolute atomic E-state index is 2.39. The molecule has 1 aliphatic rings. The van der Waals surface area contributed by atoms with Crippen molar-refractivity contribution < 1.29 is 0 Å². The summed E-state index contributed by atoms with van der Waals surface area (Å²) in [6.07, 6.45) is 0. The Hall–Kier alpha value is -4.18. The Morgan fingerprint density at radius 2 is 0.769 bits per heavy atom. The van der Waals surface area contributed by atoms with Crippen molar-refractivity contribution in [2.24, 2.45) is 0 Å². The molecule has 39 heavy (non-hydrogen) atoms. The molecule has 0 saturated carbocycles. The van der Waals surface area contributed by atoms with Gasteiger partial charge >= 0.3 is 0 Å². The number of fused-ring (bicyclic) bond motifs is 2. The Labute approximate surface area is 238 Å². The Morgan fingerprint density at radius 3 is 1.31 bits per heavy atom. The number of hydrogen-bond donors (Lipinski definition) is 0. The summed E-state index contributed by atoms with van der Waals surface area (Å²) < 4.78 is 0. The second-order valence-electron chi connectivity index (χ2n) is 9.42. The maximum Gasteiger partial charge on any atom is 0.0612 e. The summed E-state index contributed by atoms with van der Waals surface area (Å²) in [5, 5.41) is 0. The molecule has 1 nitrogen and oxygen atoms in total. The van der Waals surface area contributed by atoms with E-state index in [9.17, 15) is 0 Å². The summed E-state index contributed by atoms with van der Waals surface area (Å²) in [4.78, 5) is 7.60. The summed E-state index contributed by atoms with van der Waals surface area (Å²) >= 11 is 3.72. The van der Waals surface area contributed by atoms with Crippen molar-refractivity contribution in [3.63, 3.8) is 0 Å². The molecule has 0 aliphatic carbocycles. The minimum atomic E-state index is 1.14. The highest BCUT2D eigenvalue weighted by Crippen LogP contribution is 2.53. The molecule has 0 N–H and O–H groups in total. The van der Waals surface area contributed by atoms with Crippen LogP contribution >= 0.6 is 23.5 Å². The lowest BCUT2D eigenvalue weighted by atomic mass is 10.0. The Morgan fingerprint density at radius 1 is 0.333 bits per heavy atom. The van der Waals surface area contributed by atoms with Crippen LogP contribution in [0.25, 0.3) is 22.3 Å². The van der Waals surface area contributed by atoms with Crippen LogP contribution in [0.5, 0.6) is 0 Å². The molecule has 0 unspecified atom stereocenters. The average molecular weight is 536 g/mol. The lowest BCUT2D eigenvalue weighted by Gasteiger charge is -2.30. The lowest BCUT2D eigenvalue weighted by molar-refractivity contribution is 1.12. The first kappa shape index (κ1) is 23.9. The zero-order valence-corrected chi connectivity index (χ0v) is 22.8. The van der Waals surface area contributed by atoms with Gasteiger partial charge in [-0.15, -0.1) is 0 Å². The zero-order chi connectivity index (χ0) is 26.0. The Bertz CT molecular complexity index is 1650. The Balaban J connectivity index is 1.34. The molecule has 0 fully saturated rings. The zero-order valence-electron chi connectivity index (χ0n) is 21.2. The van der Waals surface area contributed by atoms with E-state index >= 15 is 0 Å². The van der Waals surface area contributed by atoms with Gasteiger partial charge in [0.2, 0.25) is 0 Å². The third-order valence-electron chi connectivity index (χ3n) is 6.95. The van der Waals surface area contributed by atoms with Crippen molar-refractivity contribution in [1.29, 1.82) is 0 Å². The van der Waals surface area contributed by atoms with Crippen molar-refractivity contribution in [1.82, 2.24) is 0 Å². The van der Waals surface area contributed by atoms with Gasteiger partial charge < -0.3 is 4.90 Å². The monoisotopic (exact) mass is 535 g/mol. The highest BCUT2D eigenvalue weighted by atomic mass is 32.2. The Kier molecular flexibility index (Phi) is 6.45. The highest BCUT2D eigenvalue weighted by molar-refractivity contribution is 8.05. The molecule has 6 aromatic rings. The summed E-state index contributed by atoms with van der Waals surface area (Å²) in [7, 11) is 0. The molecule has 0 saturated heterocycles. The van der Waals surface area contributed by atoms with Gasteiger partial charge in [-0.1, -0.05) is 127 Å². The molecule has 0 atom stereocenters. The molecular weight excluding hydrogens is 511 g/mol. The fraction of sp³-hybridized carbons (Fsp3) is 0. The smallest absolute Gasteiger partial charge is 0.0612 e. The van der Waals surface area contributed by atoms with E-state index in [4.69, 9.17) is 0 Å². The maximum atomic E-state index is 2.39. The van der Waals surface area contributed by atoms with Crippen LogP contribution in [-0.4, -0.2) is 0 Å². The normalized spacial score (nSPS) is 11.9. The third-order valence-corrected chi connectivity index (χ3v) is 9.55. The molecule has 7 rings (SSSR count). The topological polar surface area (TPSA) is 3.24 Å². The summed E-state index contributed by atoms with van der Waals surface area (Å²) in [5.74, 6) is 0. The van der Waals surface area contributed by atoms with Crippen LogP contribution in [-0.2, 0) is 0 Å². The highest BCUT2D eigenvalue weighted by Gasteiger charge is 2.24. The lowest BCUT2D eigenvalue weighted by Crippen LogP contribution is -2.12. The number of benzene rings is 6. The molecule has 3 heteroatoms. The SMILES string of the molecule is c1ccc(-c2ccc(N(c3ccc(-c4ccccc4)cc3)c3cccc4c3Sc3ccccc3S4)cc2)cc1. The molecule has 0 radical (unpaired) electrons. The average Bonchev–Trinajstić information content (AvgIpc) is 3.02. The van der Waals surface area contributed by atoms with E-state index in [1.54, 1.807) is 0 Å². The van der Waals surface area contributed by atoms with Crippen molar-refractivity contribution in [2.75, 3.05) is 4.90 Å². The van der Waals surface area contributed by atoms with Gasteiger partial charge in [-0.05, 0) is 70.8 Å². The number of nitrogens with zero attached hydrogens (tertiary/aromatic N) is 1. The molecule has 186 valence electrons. The van der Waals surface area contributed by atoms with E-state index in [0.717, 1.165) is 11.4 Å².